The van der Waals surface area contributed by atoms with Crippen LogP contribution >= 0.6 is 11.3 Å². The normalized spacial score (nSPS) is 17.8. The summed E-state index contributed by atoms with van der Waals surface area (Å²) in [7, 11) is 0. The average Bonchev–Trinajstić information content (AvgIpc) is 2.96. The van der Waals surface area contributed by atoms with E-state index in [1.54, 1.807) is 11.3 Å². The molecule has 1 aliphatic rings. The lowest BCUT2D eigenvalue weighted by atomic mass is 9.79. The molecule has 3 rings (SSSR count). The molecule has 1 saturated heterocycles. The molecule has 6 heteroatoms. The number of aromatic nitrogens is 1. The van der Waals surface area contributed by atoms with E-state index in [1.807, 2.05) is 24.3 Å². The van der Waals surface area contributed by atoms with Gasteiger partial charge in [-0.05, 0) is 25.0 Å². The van der Waals surface area contributed by atoms with Crippen molar-refractivity contribution >= 4 is 27.5 Å². The van der Waals surface area contributed by atoms with Crippen LogP contribution in [0, 0.1) is 5.41 Å². The molecule has 1 aromatic carbocycles. The largest absolute Gasteiger partial charge is 0.381 e. The Morgan fingerprint density at radius 2 is 2.14 bits per heavy atom. The van der Waals surface area contributed by atoms with Gasteiger partial charge in [-0.2, -0.15) is 0 Å². The summed E-state index contributed by atoms with van der Waals surface area (Å²) in [6, 6.07) is 7.99. The molecular formula is C15H19N3O2S. The number of nitrogens with one attached hydrogen (secondary N) is 1. The molecule has 1 aliphatic heterocycles. The summed E-state index contributed by atoms with van der Waals surface area (Å²) in [6.07, 6.45) is 1.38. The van der Waals surface area contributed by atoms with Gasteiger partial charge in [0, 0.05) is 19.8 Å². The summed E-state index contributed by atoms with van der Waals surface area (Å²) in [6.45, 7) is 2.03. The van der Waals surface area contributed by atoms with E-state index in [9.17, 15) is 4.79 Å². The van der Waals surface area contributed by atoms with Gasteiger partial charge in [-0.15, -0.1) is 11.3 Å². The second-order valence-corrected chi connectivity index (χ2v) is 6.47. The van der Waals surface area contributed by atoms with Crippen molar-refractivity contribution < 1.29 is 9.53 Å². The lowest BCUT2D eigenvalue weighted by Crippen LogP contribution is -2.48. The van der Waals surface area contributed by atoms with Crippen molar-refractivity contribution in [2.24, 2.45) is 11.1 Å². The highest BCUT2D eigenvalue weighted by molar-refractivity contribution is 7.18. The number of carbonyl (C=O) groups is 1. The number of rotatable bonds is 4. The molecule has 0 bridgehead atoms. The Morgan fingerprint density at radius 1 is 1.38 bits per heavy atom. The van der Waals surface area contributed by atoms with E-state index in [-0.39, 0.29) is 5.91 Å². The first kappa shape index (κ1) is 14.4. The minimum absolute atomic E-state index is 0.0209. The summed E-state index contributed by atoms with van der Waals surface area (Å²) in [4.78, 5) is 17.0. The van der Waals surface area contributed by atoms with Crippen LogP contribution in [0.15, 0.2) is 24.3 Å². The SMILES string of the molecule is NCC1(C(=O)NCc2nc3ccccc3s2)CCOCC1. The second-order valence-electron chi connectivity index (χ2n) is 5.35. The third kappa shape index (κ3) is 2.92. The maximum atomic E-state index is 12.5. The number of thiazole rings is 1. The Bertz CT molecular complexity index is 602. The molecule has 2 heterocycles. The van der Waals surface area contributed by atoms with E-state index in [0.29, 0.717) is 39.1 Å². The molecule has 0 radical (unpaired) electrons. The summed E-state index contributed by atoms with van der Waals surface area (Å²) in [5, 5.41) is 3.91. The first-order valence-corrected chi connectivity index (χ1v) is 7.96. The van der Waals surface area contributed by atoms with Gasteiger partial charge in [0.25, 0.3) is 0 Å². The van der Waals surface area contributed by atoms with E-state index in [2.05, 4.69) is 10.3 Å². The molecule has 2 aromatic rings. The number of hydrogen-bond acceptors (Lipinski definition) is 5. The fraction of sp³-hybridized carbons (Fsp3) is 0.467. The molecule has 1 amide bonds. The summed E-state index contributed by atoms with van der Waals surface area (Å²) >= 11 is 1.61. The first-order valence-electron chi connectivity index (χ1n) is 7.14. The Labute approximate surface area is 127 Å². The molecule has 0 atom stereocenters. The molecule has 5 nitrogen and oxygen atoms in total. The summed E-state index contributed by atoms with van der Waals surface area (Å²) in [5.41, 5.74) is 6.34. The van der Waals surface area contributed by atoms with Crippen LogP contribution in [0.5, 0.6) is 0 Å². The smallest absolute Gasteiger partial charge is 0.228 e. The second kappa shape index (κ2) is 6.09. The van der Waals surface area contributed by atoms with Gasteiger partial charge in [-0.1, -0.05) is 12.1 Å². The fourth-order valence-electron chi connectivity index (χ4n) is 2.62. The molecule has 1 aromatic heterocycles. The van der Waals surface area contributed by atoms with E-state index in [4.69, 9.17) is 10.5 Å². The molecule has 0 aliphatic carbocycles. The molecule has 3 N–H and O–H groups in total. The molecular weight excluding hydrogens is 286 g/mol. The number of amides is 1. The topological polar surface area (TPSA) is 77.2 Å². The molecule has 0 saturated carbocycles. The van der Waals surface area contributed by atoms with E-state index in [0.717, 1.165) is 15.2 Å². The number of hydrogen-bond donors (Lipinski definition) is 2. The number of fused-ring (bicyclic) bond motifs is 1. The highest BCUT2D eigenvalue weighted by atomic mass is 32.1. The number of ether oxygens (including phenoxy) is 1. The van der Waals surface area contributed by atoms with Crippen molar-refractivity contribution in [2.45, 2.75) is 19.4 Å². The molecule has 112 valence electrons. The lowest BCUT2D eigenvalue weighted by molar-refractivity contribution is -0.136. The van der Waals surface area contributed by atoms with Crippen molar-refractivity contribution in [3.8, 4) is 0 Å². The van der Waals surface area contributed by atoms with Gasteiger partial charge in [0.15, 0.2) is 0 Å². The first-order chi connectivity index (χ1) is 10.2. The number of nitrogens with zero attached hydrogens (tertiary/aromatic N) is 1. The minimum atomic E-state index is -0.477. The van der Waals surface area contributed by atoms with Crippen LogP contribution in [0.2, 0.25) is 0 Å². The zero-order chi connectivity index (χ0) is 14.7. The highest BCUT2D eigenvalue weighted by Gasteiger charge is 2.38. The predicted molar refractivity (Wildman–Crippen MR) is 83.0 cm³/mol. The van der Waals surface area contributed by atoms with Gasteiger partial charge in [0.2, 0.25) is 5.91 Å². The van der Waals surface area contributed by atoms with Crippen LogP contribution in [0.25, 0.3) is 10.2 Å². The number of carbonyl (C=O) groups excluding carboxylic acids is 1. The van der Waals surface area contributed by atoms with E-state index < -0.39 is 5.41 Å². The van der Waals surface area contributed by atoms with Crippen LogP contribution in [0.1, 0.15) is 17.8 Å². The molecule has 1 fully saturated rings. The van der Waals surface area contributed by atoms with Crippen LogP contribution in [-0.2, 0) is 16.1 Å². The maximum Gasteiger partial charge on any atom is 0.228 e. The third-order valence-electron chi connectivity index (χ3n) is 4.06. The number of nitrogens with two attached hydrogens (primary N) is 1. The Kier molecular flexibility index (Phi) is 4.19. The maximum absolute atomic E-state index is 12.5. The van der Waals surface area contributed by atoms with Crippen molar-refractivity contribution in [3.05, 3.63) is 29.3 Å². The summed E-state index contributed by atoms with van der Waals surface area (Å²) in [5.74, 6) is 0.0209. The van der Waals surface area contributed by atoms with Gasteiger partial charge >= 0.3 is 0 Å². The Hall–Kier alpha value is -1.50. The molecule has 0 unspecified atom stereocenters. The highest BCUT2D eigenvalue weighted by Crippen LogP contribution is 2.30. The van der Waals surface area contributed by atoms with Crippen LogP contribution in [0.4, 0.5) is 0 Å². The number of benzene rings is 1. The minimum Gasteiger partial charge on any atom is -0.381 e. The van der Waals surface area contributed by atoms with Crippen LogP contribution in [-0.4, -0.2) is 30.6 Å². The third-order valence-corrected chi connectivity index (χ3v) is 5.10. The Morgan fingerprint density at radius 3 is 2.86 bits per heavy atom. The predicted octanol–water partition coefficient (Wildman–Crippen LogP) is 1.67. The molecule has 21 heavy (non-hydrogen) atoms. The van der Waals surface area contributed by atoms with Crippen LogP contribution < -0.4 is 11.1 Å². The Balaban J connectivity index is 1.67. The van der Waals surface area contributed by atoms with Crippen molar-refractivity contribution in [2.75, 3.05) is 19.8 Å². The monoisotopic (exact) mass is 305 g/mol. The summed E-state index contributed by atoms with van der Waals surface area (Å²) < 4.78 is 6.47. The zero-order valence-electron chi connectivity index (χ0n) is 11.8. The fourth-order valence-corrected chi connectivity index (χ4v) is 3.53. The molecule has 0 spiro atoms. The average molecular weight is 305 g/mol. The van der Waals surface area contributed by atoms with Gasteiger partial charge in [0.1, 0.15) is 5.01 Å². The van der Waals surface area contributed by atoms with Crippen molar-refractivity contribution in [3.63, 3.8) is 0 Å². The quantitative estimate of drug-likeness (QED) is 0.901. The van der Waals surface area contributed by atoms with Crippen molar-refractivity contribution in [1.82, 2.24) is 10.3 Å². The number of para-hydroxylation sites is 1. The lowest BCUT2D eigenvalue weighted by Gasteiger charge is -2.34. The van der Waals surface area contributed by atoms with Gasteiger partial charge in [-0.3, -0.25) is 4.79 Å². The van der Waals surface area contributed by atoms with Gasteiger partial charge in [0.05, 0.1) is 22.2 Å². The zero-order valence-corrected chi connectivity index (χ0v) is 12.6. The van der Waals surface area contributed by atoms with Gasteiger partial charge in [-0.25, -0.2) is 4.98 Å². The standard InChI is InChI=1S/C15H19N3O2S/c16-10-15(5-7-20-8-6-15)14(19)17-9-13-18-11-3-1-2-4-12(11)21-13/h1-4H,5-10,16H2,(H,17,19). The van der Waals surface area contributed by atoms with Gasteiger partial charge < -0.3 is 15.8 Å². The van der Waals surface area contributed by atoms with Crippen LogP contribution in [0.3, 0.4) is 0 Å². The van der Waals surface area contributed by atoms with E-state index in [1.165, 1.54) is 0 Å². The van der Waals surface area contributed by atoms with E-state index >= 15 is 0 Å². The van der Waals surface area contributed by atoms with Crippen molar-refractivity contribution in [1.29, 1.82) is 0 Å².